The number of aliphatic hydroxyl groups is 1. The number of rotatable bonds is 3. The number of benzene rings is 1. The zero-order valence-corrected chi connectivity index (χ0v) is 14.9. The maximum Gasteiger partial charge on any atom is 0.230 e. The summed E-state index contributed by atoms with van der Waals surface area (Å²) in [5.41, 5.74) is 2.65. The molecule has 136 valence electrons. The van der Waals surface area contributed by atoms with Crippen LogP contribution in [-0.2, 0) is 11.3 Å². The third-order valence-electron chi connectivity index (χ3n) is 5.72. The van der Waals surface area contributed by atoms with Gasteiger partial charge in [-0.1, -0.05) is 30.3 Å². The van der Waals surface area contributed by atoms with E-state index in [4.69, 9.17) is 0 Å². The molecule has 2 aromatic rings. The molecule has 0 saturated carbocycles. The fourth-order valence-electron chi connectivity index (χ4n) is 4.24. The van der Waals surface area contributed by atoms with E-state index in [0.29, 0.717) is 13.0 Å². The third kappa shape index (κ3) is 3.24. The normalized spacial score (nSPS) is 26.7. The van der Waals surface area contributed by atoms with E-state index < -0.39 is 11.5 Å². The van der Waals surface area contributed by atoms with Gasteiger partial charge >= 0.3 is 0 Å². The van der Waals surface area contributed by atoms with E-state index in [2.05, 4.69) is 39.5 Å². The Morgan fingerprint density at radius 2 is 2.08 bits per heavy atom. The van der Waals surface area contributed by atoms with Crippen molar-refractivity contribution in [1.29, 1.82) is 0 Å². The summed E-state index contributed by atoms with van der Waals surface area (Å²) in [6.45, 7) is 2.96. The number of carbonyl (C=O) groups excluding carboxylic acids is 1. The number of nitrogens with zero attached hydrogens (tertiary/aromatic N) is 2. The molecule has 26 heavy (non-hydrogen) atoms. The predicted octanol–water partition coefficient (Wildman–Crippen LogP) is 2.21. The highest BCUT2D eigenvalue weighted by molar-refractivity contribution is 5.84. The molecular weight excluding hydrogens is 326 g/mol. The van der Waals surface area contributed by atoms with Gasteiger partial charge in [-0.3, -0.25) is 14.7 Å². The van der Waals surface area contributed by atoms with Gasteiger partial charge in [0.2, 0.25) is 5.91 Å². The van der Waals surface area contributed by atoms with E-state index in [0.717, 1.165) is 43.7 Å². The molecule has 2 atom stereocenters. The molecule has 1 amide bonds. The number of hydrogen-bond donors (Lipinski definition) is 2. The highest BCUT2D eigenvalue weighted by Crippen LogP contribution is 2.37. The molecule has 2 fully saturated rings. The number of carbonyl (C=O) groups is 1. The second-order valence-corrected chi connectivity index (χ2v) is 7.44. The number of aromatic nitrogens is 1. The van der Waals surface area contributed by atoms with Crippen molar-refractivity contribution >= 4 is 5.91 Å². The van der Waals surface area contributed by atoms with Crippen molar-refractivity contribution in [3.63, 3.8) is 0 Å². The SMILES string of the molecule is O=C1NCCC[C@]12CN(Cc1ccc(-c3ccccn3)cc1)CC[C@@H]2O. The lowest BCUT2D eigenvalue weighted by atomic mass is 9.71. The Morgan fingerprint density at radius 3 is 2.81 bits per heavy atom. The second kappa shape index (κ2) is 7.17. The summed E-state index contributed by atoms with van der Waals surface area (Å²) in [5, 5.41) is 13.5. The van der Waals surface area contributed by atoms with Crippen LogP contribution in [0.2, 0.25) is 0 Å². The Morgan fingerprint density at radius 1 is 1.23 bits per heavy atom. The van der Waals surface area contributed by atoms with Crippen LogP contribution in [0.4, 0.5) is 0 Å². The second-order valence-electron chi connectivity index (χ2n) is 7.44. The number of nitrogens with one attached hydrogen (secondary N) is 1. The fourth-order valence-corrected chi connectivity index (χ4v) is 4.24. The summed E-state index contributed by atoms with van der Waals surface area (Å²) in [6.07, 6.45) is 3.63. The molecule has 0 aliphatic carbocycles. The summed E-state index contributed by atoms with van der Waals surface area (Å²) < 4.78 is 0. The molecule has 1 aromatic carbocycles. The highest BCUT2D eigenvalue weighted by Gasteiger charge is 2.49. The highest BCUT2D eigenvalue weighted by atomic mass is 16.3. The topological polar surface area (TPSA) is 65.5 Å². The average molecular weight is 351 g/mol. The quantitative estimate of drug-likeness (QED) is 0.890. The standard InChI is InChI=1S/C21H25N3O2/c25-19-9-13-24(15-21(19)10-3-12-23-20(21)26)14-16-5-7-17(8-6-16)18-4-1-2-11-22-18/h1-2,4-8,11,19,25H,3,9-10,12-15H2,(H,23,26)/t19-,21+/m0/s1. The summed E-state index contributed by atoms with van der Waals surface area (Å²) in [4.78, 5) is 19.2. The summed E-state index contributed by atoms with van der Waals surface area (Å²) >= 11 is 0. The van der Waals surface area contributed by atoms with Gasteiger partial charge in [0.1, 0.15) is 0 Å². The summed E-state index contributed by atoms with van der Waals surface area (Å²) in [6, 6.07) is 14.4. The first kappa shape index (κ1) is 17.2. The lowest BCUT2D eigenvalue weighted by Crippen LogP contribution is -2.61. The zero-order valence-electron chi connectivity index (χ0n) is 14.9. The Kier molecular flexibility index (Phi) is 4.74. The Balaban J connectivity index is 1.46. The smallest absolute Gasteiger partial charge is 0.230 e. The molecule has 0 radical (unpaired) electrons. The molecule has 1 aromatic heterocycles. The van der Waals surface area contributed by atoms with Crippen LogP contribution >= 0.6 is 0 Å². The van der Waals surface area contributed by atoms with Gasteiger partial charge in [0, 0.05) is 37.9 Å². The van der Waals surface area contributed by atoms with Crippen LogP contribution < -0.4 is 5.32 Å². The first-order valence-corrected chi connectivity index (χ1v) is 9.36. The molecule has 2 aliphatic heterocycles. The Labute approximate surface area is 154 Å². The van der Waals surface area contributed by atoms with E-state index in [-0.39, 0.29) is 5.91 Å². The molecule has 0 bridgehead atoms. The number of pyridine rings is 1. The van der Waals surface area contributed by atoms with Gasteiger partial charge < -0.3 is 10.4 Å². The number of hydrogen-bond acceptors (Lipinski definition) is 4. The molecule has 0 unspecified atom stereocenters. The van der Waals surface area contributed by atoms with E-state index in [1.165, 1.54) is 5.56 Å². The number of piperidine rings is 2. The monoisotopic (exact) mass is 351 g/mol. The largest absolute Gasteiger partial charge is 0.392 e. The van der Waals surface area contributed by atoms with Gasteiger partial charge in [-0.2, -0.15) is 0 Å². The van der Waals surface area contributed by atoms with Crippen molar-refractivity contribution in [2.45, 2.75) is 31.9 Å². The van der Waals surface area contributed by atoms with Crippen molar-refractivity contribution in [2.24, 2.45) is 5.41 Å². The summed E-state index contributed by atoms with van der Waals surface area (Å²) in [5.74, 6) is 0.0199. The molecule has 5 nitrogen and oxygen atoms in total. The maximum absolute atomic E-state index is 12.5. The van der Waals surface area contributed by atoms with E-state index in [1.54, 1.807) is 6.20 Å². The van der Waals surface area contributed by atoms with E-state index >= 15 is 0 Å². The fraction of sp³-hybridized carbons (Fsp3) is 0.429. The number of likely N-dealkylation sites (tertiary alicyclic amines) is 1. The van der Waals surface area contributed by atoms with E-state index in [9.17, 15) is 9.90 Å². The van der Waals surface area contributed by atoms with Crippen molar-refractivity contribution in [1.82, 2.24) is 15.2 Å². The van der Waals surface area contributed by atoms with Crippen LogP contribution in [0.15, 0.2) is 48.7 Å². The molecule has 2 N–H and O–H groups in total. The van der Waals surface area contributed by atoms with Crippen molar-refractivity contribution in [3.8, 4) is 11.3 Å². The first-order valence-electron chi connectivity index (χ1n) is 9.36. The molecule has 2 aliphatic rings. The predicted molar refractivity (Wildman–Crippen MR) is 100 cm³/mol. The zero-order chi connectivity index (χ0) is 18.0. The number of amides is 1. The minimum atomic E-state index is -0.635. The minimum absolute atomic E-state index is 0.0199. The van der Waals surface area contributed by atoms with Crippen molar-refractivity contribution in [3.05, 3.63) is 54.2 Å². The van der Waals surface area contributed by atoms with Gasteiger partial charge in [-0.15, -0.1) is 0 Å². The number of aliphatic hydroxyl groups excluding tert-OH is 1. The Bertz CT molecular complexity index is 763. The van der Waals surface area contributed by atoms with Gasteiger partial charge in [0.25, 0.3) is 0 Å². The lowest BCUT2D eigenvalue weighted by Gasteiger charge is -2.47. The van der Waals surface area contributed by atoms with Crippen LogP contribution in [0.25, 0.3) is 11.3 Å². The van der Waals surface area contributed by atoms with Crippen LogP contribution in [0.1, 0.15) is 24.8 Å². The van der Waals surface area contributed by atoms with Gasteiger partial charge in [-0.05, 0) is 37.0 Å². The van der Waals surface area contributed by atoms with Gasteiger partial charge in [0.05, 0.1) is 17.2 Å². The van der Waals surface area contributed by atoms with Crippen LogP contribution in [0.5, 0.6) is 0 Å². The van der Waals surface area contributed by atoms with Gasteiger partial charge in [-0.25, -0.2) is 0 Å². The van der Waals surface area contributed by atoms with E-state index in [1.807, 2.05) is 18.2 Å². The lowest BCUT2D eigenvalue weighted by molar-refractivity contribution is -0.149. The van der Waals surface area contributed by atoms with Crippen LogP contribution in [-0.4, -0.2) is 46.6 Å². The average Bonchev–Trinajstić information content (AvgIpc) is 2.68. The molecular formula is C21H25N3O2. The van der Waals surface area contributed by atoms with Crippen LogP contribution in [0, 0.1) is 5.41 Å². The minimum Gasteiger partial charge on any atom is -0.392 e. The van der Waals surface area contributed by atoms with Crippen LogP contribution in [0.3, 0.4) is 0 Å². The third-order valence-corrected chi connectivity index (χ3v) is 5.72. The van der Waals surface area contributed by atoms with Crippen molar-refractivity contribution < 1.29 is 9.90 Å². The molecule has 3 heterocycles. The maximum atomic E-state index is 12.5. The molecule has 2 saturated heterocycles. The molecule has 5 heteroatoms. The molecule has 1 spiro atoms. The van der Waals surface area contributed by atoms with Crippen molar-refractivity contribution in [2.75, 3.05) is 19.6 Å². The van der Waals surface area contributed by atoms with Gasteiger partial charge in [0.15, 0.2) is 0 Å². The summed E-state index contributed by atoms with van der Waals surface area (Å²) in [7, 11) is 0. The first-order chi connectivity index (χ1) is 12.7. The molecule has 4 rings (SSSR count). The Hall–Kier alpha value is -2.24.